The maximum absolute atomic E-state index is 11.9. The highest BCUT2D eigenvalue weighted by Gasteiger charge is 2.46. The summed E-state index contributed by atoms with van der Waals surface area (Å²) in [6.45, 7) is 1.80. The molecule has 3 aromatic carbocycles. The van der Waals surface area contributed by atoms with E-state index in [2.05, 4.69) is 0 Å². The first-order chi connectivity index (χ1) is 17.7. The molecule has 0 bridgehead atoms. The molecule has 0 radical (unpaired) electrons. The second-order valence-corrected chi connectivity index (χ2v) is 8.11. The van der Waals surface area contributed by atoms with Crippen LogP contribution in [0.15, 0.2) is 78.9 Å². The predicted molar refractivity (Wildman–Crippen MR) is 138 cm³/mol. The van der Waals surface area contributed by atoms with Crippen molar-refractivity contribution in [2.75, 3.05) is 60.5 Å². The minimum Gasteiger partial charge on any atom is -0.496 e. The molecular formula is C29H36O7. The summed E-state index contributed by atoms with van der Waals surface area (Å²) in [5, 5.41) is 20.7. The Hall–Kier alpha value is -2.94. The van der Waals surface area contributed by atoms with Crippen LogP contribution in [0, 0.1) is 0 Å². The molecule has 0 aliphatic heterocycles. The number of hydrogen-bond donors (Lipinski definition) is 2. The van der Waals surface area contributed by atoms with Crippen LogP contribution in [0.25, 0.3) is 0 Å². The largest absolute Gasteiger partial charge is 0.496 e. The zero-order valence-corrected chi connectivity index (χ0v) is 21.0. The number of para-hydroxylation sites is 2. The summed E-state index contributed by atoms with van der Waals surface area (Å²) in [6.07, 6.45) is -0.986. The molecular weight excluding hydrogens is 460 g/mol. The summed E-state index contributed by atoms with van der Waals surface area (Å²) < 4.78 is 28.2. The smallest absolute Gasteiger partial charge is 0.123 e. The van der Waals surface area contributed by atoms with Crippen LogP contribution in [0.3, 0.4) is 0 Å². The van der Waals surface area contributed by atoms with Gasteiger partial charge in [0.2, 0.25) is 0 Å². The van der Waals surface area contributed by atoms with Crippen molar-refractivity contribution in [3.05, 3.63) is 95.6 Å². The number of hydrogen-bond acceptors (Lipinski definition) is 7. The zero-order valence-electron chi connectivity index (χ0n) is 21.0. The standard InChI is InChI=1S/C29H36O7/c1-32-26-14-8-6-12-24(26)29(23-10-4-3-5-11-23,25-13-7-9-15-27(25)33-2)28(31)22-36-21-20-35-19-18-34-17-16-30/h3-15,28,30-31H,16-22H2,1-2H3. The van der Waals surface area contributed by atoms with E-state index in [1.807, 2.05) is 78.9 Å². The maximum atomic E-state index is 11.9. The highest BCUT2D eigenvalue weighted by atomic mass is 16.5. The molecule has 0 aromatic heterocycles. The van der Waals surface area contributed by atoms with Crippen LogP contribution < -0.4 is 9.47 Å². The van der Waals surface area contributed by atoms with Gasteiger partial charge in [0, 0.05) is 11.1 Å². The first kappa shape index (κ1) is 27.6. The number of aliphatic hydroxyl groups is 2. The third-order valence-corrected chi connectivity index (χ3v) is 6.05. The van der Waals surface area contributed by atoms with Gasteiger partial charge in [0.05, 0.1) is 72.0 Å². The minimum atomic E-state index is -1.04. The molecule has 3 aromatic rings. The van der Waals surface area contributed by atoms with Gasteiger partial charge in [0.15, 0.2) is 0 Å². The third kappa shape index (κ3) is 6.43. The van der Waals surface area contributed by atoms with E-state index in [9.17, 15) is 5.11 Å². The number of benzene rings is 3. The van der Waals surface area contributed by atoms with Crippen molar-refractivity contribution in [2.45, 2.75) is 11.5 Å². The molecule has 0 saturated carbocycles. The molecule has 1 atom stereocenters. The van der Waals surface area contributed by atoms with Crippen molar-refractivity contribution in [2.24, 2.45) is 0 Å². The van der Waals surface area contributed by atoms with Gasteiger partial charge >= 0.3 is 0 Å². The molecule has 7 nitrogen and oxygen atoms in total. The molecule has 0 fully saturated rings. The molecule has 36 heavy (non-hydrogen) atoms. The van der Waals surface area contributed by atoms with Crippen LogP contribution in [0.5, 0.6) is 11.5 Å². The van der Waals surface area contributed by atoms with Crippen molar-refractivity contribution >= 4 is 0 Å². The van der Waals surface area contributed by atoms with Gasteiger partial charge in [-0.05, 0) is 17.7 Å². The van der Waals surface area contributed by atoms with Gasteiger partial charge in [-0.15, -0.1) is 0 Å². The van der Waals surface area contributed by atoms with Gasteiger partial charge in [-0.1, -0.05) is 66.7 Å². The lowest BCUT2D eigenvalue weighted by Crippen LogP contribution is -2.45. The average Bonchev–Trinajstić information content (AvgIpc) is 2.93. The monoisotopic (exact) mass is 496 g/mol. The lowest BCUT2D eigenvalue weighted by Gasteiger charge is -2.41. The van der Waals surface area contributed by atoms with Gasteiger partial charge in [-0.25, -0.2) is 0 Å². The molecule has 2 N–H and O–H groups in total. The summed E-state index contributed by atoms with van der Waals surface area (Å²) in [5.74, 6) is 1.30. The number of ether oxygens (including phenoxy) is 5. The lowest BCUT2D eigenvalue weighted by molar-refractivity contribution is -0.0235. The quantitative estimate of drug-likeness (QED) is 0.232. The molecule has 7 heteroatoms. The third-order valence-electron chi connectivity index (χ3n) is 6.05. The molecule has 1 unspecified atom stereocenters. The Morgan fingerprint density at radius 3 is 1.64 bits per heavy atom. The van der Waals surface area contributed by atoms with E-state index in [-0.39, 0.29) is 13.2 Å². The molecule has 0 aliphatic carbocycles. The van der Waals surface area contributed by atoms with E-state index >= 15 is 0 Å². The van der Waals surface area contributed by atoms with Crippen LogP contribution in [0.2, 0.25) is 0 Å². The van der Waals surface area contributed by atoms with Crippen LogP contribution in [0.4, 0.5) is 0 Å². The Balaban J connectivity index is 1.95. The Morgan fingerprint density at radius 1 is 0.639 bits per heavy atom. The maximum Gasteiger partial charge on any atom is 0.123 e. The topological polar surface area (TPSA) is 86.6 Å². The lowest BCUT2D eigenvalue weighted by atomic mass is 9.65. The first-order valence-corrected chi connectivity index (χ1v) is 12.0. The van der Waals surface area contributed by atoms with Crippen LogP contribution >= 0.6 is 0 Å². The summed E-state index contributed by atoms with van der Waals surface area (Å²) >= 11 is 0. The number of aliphatic hydroxyl groups excluding tert-OH is 2. The summed E-state index contributed by atoms with van der Waals surface area (Å²) in [4.78, 5) is 0. The minimum absolute atomic E-state index is 0.0113. The fourth-order valence-corrected chi connectivity index (χ4v) is 4.47. The normalized spacial score (nSPS) is 12.3. The number of rotatable bonds is 16. The highest BCUT2D eigenvalue weighted by molar-refractivity contribution is 5.60. The van der Waals surface area contributed by atoms with Crippen molar-refractivity contribution in [1.29, 1.82) is 0 Å². The molecule has 0 saturated heterocycles. The molecule has 194 valence electrons. The first-order valence-electron chi connectivity index (χ1n) is 12.0. The molecule has 3 rings (SSSR count). The second-order valence-electron chi connectivity index (χ2n) is 8.11. The van der Waals surface area contributed by atoms with Gasteiger partial charge in [0.1, 0.15) is 11.5 Å². The fraction of sp³-hybridized carbons (Fsp3) is 0.379. The second kappa shape index (κ2) is 14.6. The SMILES string of the molecule is COc1ccccc1C(c1ccccc1)(c1ccccc1OC)C(O)COCCOCCOCCO. The van der Waals surface area contributed by atoms with Crippen LogP contribution in [0.1, 0.15) is 16.7 Å². The van der Waals surface area contributed by atoms with E-state index in [1.165, 1.54) is 0 Å². The summed E-state index contributed by atoms with van der Waals surface area (Å²) in [7, 11) is 3.25. The van der Waals surface area contributed by atoms with Gasteiger partial charge in [0.25, 0.3) is 0 Å². The van der Waals surface area contributed by atoms with Crippen molar-refractivity contribution in [3.8, 4) is 11.5 Å². The van der Waals surface area contributed by atoms with Crippen LogP contribution in [-0.4, -0.2) is 76.8 Å². The average molecular weight is 497 g/mol. The highest BCUT2D eigenvalue weighted by Crippen LogP contribution is 2.48. The summed E-state index contributed by atoms with van der Waals surface area (Å²) in [6, 6.07) is 25.3. The van der Waals surface area contributed by atoms with Crippen molar-refractivity contribution < 1.29 is 33.9 Å². The Labute approximate surface area is 213 Å². The van der Waals surface area contributed by atoms with E-state index < -0.39 is 11.5 Å². The number of methoxy groups -OCH3 is 2. The van der Waals surface area contributed by atoms with Gasteiger partial charge < -0.3 is 33.9 Å². The van der Waals surface area contributed by atoms with E-state index in [0.717, 1.165) is 16.7 Å². The van der Waals surface area contributed by atoms with Gasteiger partial charge in [-0.2, -0.15) is 0 Å². The van der Waals surface area contributed by atoms with Crippen molar-refractivity contribution in [3.63, 3.8) is 0 Å². The molecule has 0 heterocycles. The predicted octanol–water partition coefficient (Wildman–Crippen LogP) is 3.44. The van der Waals surface area contributed by atoms with E-state index in [0.29, 0.717) is 44.5 Å². The van der Waals surface area contributed by atoms with E-state index in [1.54, 1.807) is 14.2 Å². The Kier molecular flexibility index (Phi) is 11.2. The van der Waals surface area contributed by atoms with Crippen molar-refractivity contribution in [1.82, 2.24) is 0 Å². The van der Waals surface area contributed by atoms with Gasteiger partial charge in [-0.3, -0.25) is 0 Å². The zero-order chi connectivity index (χ0) is 25.6. The van der Waals surface area contributed by atoms with E-state index in [4.69, 9.17) is 28.8 Å². The van der Waals surface area contributed by atoms with Crippen LogP contribution in [-0.2, 0) is 19.6 Å². The summed E-state index contributed by atoms with van der Waals surface area (Å²) in [5.41, 5.74) is 1.44. The molecule has 0 amide bonds. The molecule has 0 spiro atoms. The fourth-order valence-electron chi connectivity index (χ4n) is 4.47. The molecule has 0 aliphatic rings. The Morgan fingerprint density at radius 2 is 1.11 bits per heavy atom. The Bertz CT molecular complexity index is 977.